The van der Waals surface area contributed by atoms with Crippen molar-refractivity contribution in [2.45, 2.75) is 19.9 Å². The van der Waals surface area contributed by atoms with Crippen LogP contribution in [0, 0.1) is 10.1 Å². The molecule has 204 valence electrons. The molecule has 9 nitrogen and oxygen atoms in total. The van der Waals surface area contributed by atoms with Gasteiger partial charge in [0.25, 0.3) is 11.2 Å². The fourth-order valence-electron chi connectivity index (χ4n) is 5.06. The summed E-state index contributed by atoms with van der Waals surface area (Å²) in [5.74, 6) is 0.315. The summed E-state index contributed by atoms with van der Waals surface area (Å²) in [6, 6.07) is 22.4. The molecule has 41 heavy (non-hydrogen) atoms. The molecular formula is C31H23N3O6S. The number of esters is 1. The largest absolute Gasteiger partial charge is 0.463 e. The van der Waals surface area contributed by atoms with Crippen LogP contribution in [0.25, 0.3) is 28.2 Å². The van der Waals surface area contributed by atoms with Crippen LogP contribution in [0.15, 0.2) is 104 Å². The molecule has 0 saturated heterocycles. The van der Waals surface area contributed by atoms with E-state index in [0.29, 0.717) is 37.7 Å². The molecule has 1 aliphatic heterocycles. The van der Waals surface area contributed by atoms with E-state index in [1.54, 1.807) is 48.8 Å². The second-order valence-electron chi connectivity index (χ2n) is 9.38. The van der Waals surface area contributed by atoms with Crippen molar-refractivity contribution in [3.05, 3.63) is 131 Å². The molecule has 0 fully saturated rings. The number of nitrogens with zero attached hydrogens (tertiary/aromatic N) is 3. The maximum atomic E-state index is 14.0. The number of carbonyl (C=O) groups excluding carboxylic acids is 1. The van der Waals surface area contributed by atoms with Gasteiger partial charge in [0.05, 0.1) is 33.4 Å². The van der Waals surface area contributed by atoms with Crippen molar-refractivity contribution in [3.8, 4) is 11.3 Å². The molecule has 0 aliphatic carbocycles. The Balaban J connectivity index is 1.51. The smallest absolute Gasteiger partial charge is 0.338 e. The van der Waals surface area contributed by atoms with Gasteiger partial charge in [0.2, 0.25) is 0 Å². The van der Waals surface area contributed by atoms with Crippen LogP contribution < -0.4 is 14.9 Å². The van der Waals surface area contributed by atoms with Gasteiger partial charge in [-0.1, -0.05) is 65.9 Å². The van der Waals surface area contributed by atoms with E-state index in [1.165, 1.54) is 23.5 Å². The third-order valence-electron chi connectivity index (χ3n) is 6.88. The molecular weight excluding hydrogens is 542 g/mol. The number of rotatable bonds is 6. The molecule has 0 radical (unpaired) electrons. The number of fused-ring (bicyclic) bond motifs is 2. The number of furan rings is 1. The van der Waals surface area contributed by atoms with Crippen molar-refractivity contribution in [3.63, 3.8) is 0 Å². The van der Waals surface area contributed by atoms with Gasteiger partial charge in [-0.15, -0.1) is 0 Å². The molecule has 2 aromatic heterocycles. The minimum absolute atomic E-state index is 0.0463. The maximum Gasteiger partial charge on any atom is 0.338 e. The highest BCUT2D eigenvalue weighted by Gasteiger charge is 2.34. The fraction of sp³-hybridized carbons (Fsp3) is 0.129. The van der Waals surface area contributed by atoms with Crippen LogP contribution in [-0.4, -0.2) is 22.1 Å². The maximum absolute atomic E-state index is 14.0. The summed E-state index contributed by atoms with van der Waals surface area (Å²) in [7, 11) is 0. The normalized spacial score (nSPS) is 15.1. The first-order valence-electron chi connectivity index (χ1n) is 12.9. The standard InChI is InChI=1S/C31H23N3O6S/c1-3-39-30(36)27-18(2)32-31-33(28(27)24-13-7-9-19-8-4-5-12-23(19)24)29(35)26(41-31)17-22-14-15-25(40-22)20-10-6-11-21(16-20)34(37)38/h4-17,28H,3H2,1-2H3/b26-17+/t28-/m1/s1. The van der Waals surface area contributed by atoms with E-state index < -0.39 is 16.9 Å². The Bertz CT molecular complexity index is 2060. The molecule has 10 heteroatoms. The fourth-order valence-corrected chi connectivity index (χ4v) is 6.09. The van der Waals surface area contributed by atoms with Crippen molar-refractivity contribution in [2.75, 3.05) is 6.61 Å². The number of hydrogen-bond donors (Lipinski definition) is 0. The third-order valence-corrected chi connectivity index (χ3v) is 7.86. The summed E-state index contributed by atoms with van der Waals surface area (Å²) in [4.78, 5) is 43.0. The Hall–Kier alpha value is -5.09. The summed E-state index contributed by atoms with van der Waals surface area (Å²) >= 11 is 1.20. The van der Waals surface area contributed by atoms with Crippen LogP contribution in [0.2, 0.25) is 0 Å². The number of carbonyl (C=O) groups is 1. The quantitative estimate of drug-likeness (QED) is 0.160. The van der Waals surface area contributed by atoms with Gasteiger partial charge in [0.15, 0.2) is 4.80 Å². The van der Waals surface area contributed by atoms with Gasteiger partial charge in [0, 0.05) is 23.8 Å². The molecule has 3 heterocycles. The molecule has 1 atom stereocenters. The lowest BCUT2D eigenvalue weighted by Crippen LogP contribution is -2.40. The predicted octanol–water partition coefficient (Wildman–Crippen LogP) is 5.12. The average molecular weight is 566 g/mol. The van der Waals surface area contributed by atoms with Gasteiger partial charge in [-0.05, 0) is 42.3 Å². The van der Waals surface area contributed by atoms with Crippen molar-refractivity contribution in [1.29, 1.82) is 0 Å². The second kappa shape index (κ2) is 10.5. The Kier molecular flexibility index (Phi) is 6.68. The monoisotopic (exact) mass is 565 g/mol. The molecule has 0 bridgehead atoms. The summed E-state index contributed by atoms with van der Waals surface area (Å²) in [6.45, 7) is 3.67. The van der Waals surface area contributed by atoms with E-state index in [0.717, 1.165) is 16.3 Å². The Morgan fingerprint density at radius 3 is 2.71 bits per heavy atom. The predicted molar refractivity (Wildman–Crippen MR) is 155 cm³/mol. The summed E-state index contributed by atoms with van der Waals surface area (Å²) in [5, 5.41) is 13.1. The van der Waals surface area contributed by atoms with Gasteiger partial charge in [0.1, 0.15) is 11.5 Å². The van der Waals surface area contributed by atoms with Crippen LogP contribution in [0.3, 0.4) is 0 Å². The van der Waals surface area contributed by atoms with Gasteiger partial charge in [-0.3, -0.25) is 19.5 Å². The topological polar surface area (TPSA) is 117 Å². The lowest BCUT2D eigenvalue weighted by molar-refractivity contribution is -0.384. The highest BCUT2D eigenvalue weighted by molar-refractivity contribution is 7.07. The number of hydrogen-bond acceptors (Lipinski definition) is 8. The van der Waals surface area contributed by atoms with Crippen LogP contribution in [0.4, 0.5) is 5.69 Å². The lowest BCUT2D eigenvalue weighted by atomic mass is 9.91. The summed E-state index contributed by atoms with van der Waals surface area (Å²) < 4.78 is 13.3. The van der Waals surface area contributed by atoms with Gasteiger partial charge in [-0.25, -0.2) is 9.79 Å². The van der Waals surface area contributed by atoms with Crippen molar-refractivity contribution in [1.82, 2.24) is 4.57 Å². The molecule has 0 unspecified atom stereocenters. The first-order chi connectivity index (χ1) is 19.9. The van der Waals surface area contributed by atoms with E-state index >= 15 is 0 Å². The molecule has 5 aromatic rings. The van der Waals surface area contributed by atoms with Crippen LogP contribution in [0.5, 0.6) is 0 Å². The Labute approximate surface area is 237 Å². The third kappa shape index (κ3) is 4.68. The summed E-state index contributed by atoms with van der Waals surface area (Å²) in [6.07, 6.45) is 1.62. The highest BCUT2D eigenvalue weighted by atomic mass is 32.1. The number of nitro groups is 1. The Morgan fingerprint density at radius 1 is 1.12 bits per heavy atom. The van der Waals surface area contributed by atoms with Crippen molar-refractivity contribution >= 4 is 39.8 Å². The molecule has 1 aliphatic rings. The number of aromatic nitrogens is 1. The Morgan fingerprint density at radius 2 is 1.90 bits per heavy atom. The molecule has 0 amide bonds. The van der Waals surface area contributed by atoms with Crippen LogP contribution >= 0.6 is 11.3 Å². The molecule has 0 N–H and O–H groups in total. The zero-order valence-electron chi connectivity index (χ0n) is 22.1. The number of ether oxygens (including phenoxy) is 1. The number of non-ortho nitro benzene ring substituents is 1. The lowest BCUT2D eigenvalue weighted by Gasteiger charge is -2.25. The van der Waals surface area contributed by atoms with Crippen molar-refractivity contribution in [2.24, 2.45) is 4.99 Å². The van der Waals surface area contributed by atoms with E-state index in [2.05, 4.69) is 4.99 Å². The van der Waals surface area contributed by atoms with Gasteiger partial charge >= 0.3 is 5.97 Å². The van der Waals surface area contributed by atoms with E-state index in [-0.39, 0.29) is 17.9 Å². The molecule has 3 aromatic carbocycles. The summed E-state index contributed by atoms with van der Waals surface area (Å²) in [5.41, 5.74) is 1.77. The minimum atomic E-state index is -0.740. The molecule has 0 spiro atoms. The van der Waals surface area contributed by atoms with Crippen LogP contribution in [-0.2, 0) is 9.53 Å². The highest BCUT2D eigenvalue weighted by Crippen LogP contribution is 2.35. The van der Waals surface area contributed by atoms with E-state index in [1.807, 2.05) is 42.5 Å². The van der Waals surface area contributed by atoms with Gasteiger partial charge < -0.3 is 9.15 Å². The number of nitro benzene ring substituents is 1. The molecule has 6 rings (SSSR count). The molecule has 0 saturated carbocycles. The minimum Gasteiger partial charge on any atom is -0.463 e. The second-order valence-corrected chi connectivity index (χ2v) is 10.4. The SMILES string of the molecule is CCOC(=O)C1=C(C)N=c2s/c(=C/c3ccc(-c4cccc([N+](=O)[O-])c4)o3)c(=O)n2[C@@H]1c1cccc2ccccc12. The number of benzene rings is 3. The zero-order valence-corrected chi connectivity index (χ0v) is 22.9. The van der Waals surface area contributed by atoms with E-state index in [9.17, 15) is 19.7 Å². The first-order valence-corrected chi connectivity index (χ1v) is 13.7. The van der Waals surface area contributed by atoms with E-state index in [4.69, 9.17) is 9.15 Å². The number of allylic oxidation sites excluding steroid dienone is 1. The average Bonchev–Trinajstić information content (AvgIpc) is 3.56. The number of thiazole rings is 1. The first kappa shape index (κ1) is 26.1. The van der Waals surface area contributed by atoms with Crippen molar-refractivity contribution < 1.29 is 18.9 Å². The van der Waals surface area contributed by atoms with Gasteiger partial charge in [-0.2, -0.15) is 0 Å². The van der Waals surface area contributed by atoms with Crippen LogP contribution in [0.1, 0.15) is 31.2 Å². The zero-order chi connectivity index (χ0) is 28.7.